The molecular formula is C13H19N5. The van der Waals surface area contributed by atoms with E-state index in [0.29, 0.717) is 5.92 Å². The molecule has 3 atom stereocenters. The Hall–Kier alpha value is -1.65. The normalized spacial score (nSPS) is 24.8. The van der Waals surface area contributed by atoms with Crippen molar-refractivity contribution in [3.63, 3.8) is 0 Å². The molecule has 0 saturated heterocycles. The lowest BCUT2D eigenvalue weighted by atomic mass is 9.84. The number of rotatable bonds is 2. The highest BCUT2D eigenvalue weighted by Gasteiger charge is 2.26. The number of fused-ring (bicyclic) bond motifs is 1. The average molecular weight is 245 g/mol. The van der Waals surface area contributed by atoms with Gasteiger partial charge in [0.15, 0.2) is 0 Å². The second kappa shape index (κ2) is 4.23. The molecule has 3 rings (SSSR count). The fourth-order valence-electron chi connectivity index (χ4n) is 2.89. The van der Waals surface area contributed by atoms with Crippen LogP contribution in [0.25, 0.3) is 0 Å². The molecule has 0 fully saturated rings. The summed E-state index contributed by atoms with van der Waals surface area (Å²) in [5.74, 6) is 2.28. The van der Waals surface area contributed by atoms with Crippen molar-refractivity contribution < 1.29 is 0 Å². The van der Waals surface area contributed by atoms with E-state index in [2.05, 4.69) is 35.8 Å². The number of aromatic nitrogens is 5. The summed E-state index contributed by atoms with van der Waals surface area (Å²) in [5.41, 5.74) is 2.55. The maximum Gasteiger partial charge on any atom is 0.137 e. The first-order chi connectivity index (χ1) is 8.65. The summed E-state index contributed by atoms with van der Waals surface area (Å²) >= 11 is 0. The van der Waals surface area contributed by atoms with Gasteiger partial charge >= 0.3 is 0 Å². The van der Waals surface area contributed by atoms with Crippen molar-refractivity contribution in [2.75, 3.05) is 0 Å². The first kappa shape index (κ1) is 11.4. The summed E-state index contributed by atoms with van der Waals surface area (Å²) in [6.07, 6.45) is 5.63. The first-order valence-electron chi connectivity index (χ1n) is 6.58. The van der Waals surface area contributed by atoms with E-state index in [-0.39, 0.29) is 6.04 Å². The van der Waals surface area contributed by atoms with Crippen LogP contribution in [0.15, 0.2) is 12.7 Å². The van der Waals surface area contributed by atoms with Crippen molar-refractivity contribution in [2.45, 2.75) is 45.6 Å². The van der Waals surface area contributed by atoms with Crippen molar-refractivity contribution in [1.29, 1.82) is 0 Å². The van der Waals surface area contributed by atoms with Crippen LogP contribution in [0.5, 0.6) is 0 Å². The van der Waals surface area contributed by atoms with Gasteiger partial charge in [0, 0.05) is 11.6 Å². The van der Waals surface area contributed by atoms with Gasteiger partial charge in [0.2, 0.25) is 0 Å². The van der Waals surface area contributed by atoms with Crippen LogP contribution >= 0.6 is 0 Å². The highest BCUT2D eigenvalue weighted by Crippen LogP contribution is 2.33. The number of nitrogens with zero attached hydrogens (tertiary/aromatic N) is 4. The van der Waals surface area contributed by atoms with Gasteiger partial charge in [0.25, 0.3) is 0 Å². The van der Waals surface area contributed by atoms with Gasteiger partial charge in [-0.3, -0.25) is 0 Å². The van der Waals surface area contributed by atoms with E-state index in [4.69, 9.17) is 4.98 Å². The van der Waals surface area contributed by atoms with E-state index in [0.717, 1.165) is 18.2 Å². The van der Waals surface area contributed by atoms with Crippen LogP contribution in [-0.4, -0.2) is 24.7 Å². The molecule has 0 aromatic carbocycles. The van der Waals surface area contributed by atoms with Crippen LogP contribution in [0.3, 0.4) is 0 Å². The summed E-state index contributed by atoms with van der Waals surface area (Å²) in [4.78, 5) is 12.2. The van der Waals surface area contributed by atoms with Gasteiger partial charge in [-0.1, -0.05) is 13.8 Å². The van der Waals surface area contributed by atoms with E-state index in [1.54, 1.807) is 12.7 Å². The molecule has 2 aromatic heterocycles. The molecule has 1 aliphatic rings. The van der Waals surface area contributed by atoms with Gasteiger partial charge in [0.05, 0.1) is 5.69 Å². The van der Waals surface area contributed by atoms with E-state index in [1.165, 1.54) is 17.8 Å². The van der Waals surface area contributed by atoms with Gasteiger partial charge in [0.1, 0.15) is 24.5 Å². The SMILES string of the molecule is CC1Cc2[nH]c(C(C)n3cncn3)nc2C(C)C1. The van der Waals surface area contributed by atoms with Crippen molar-refractivity contribution in [3.05, 3.63) is 29.9 Å². The molecule has 2 aromatic rings. The van der Waals surface area contributed by atoms with Gasteiger partial charge in [-0.25, -0.2) is 14.6 Å². The molecule has 3 unspecified atom stereocenters. The Bertz CT molecular complexity index is 528. The highest BCUT2D eigenvalue weighted by molar-refractivity contribution is 5.23. The second-order valence-corrected chi connectivity index (χ2v) is 5.48. The fourth-order valence-corrected chi connectivity index (χ4v) is 2.89. The molecule has 2 heterocycles. The minimum atomic E-state index is 0.112. The molecule has 0 radical (unpaired) electrons. The topological polar surface area (TPSA) is 59.4 Å². The monoisotopic (exact) mass is 245 g/mol. The number of aromatic amines is 1. The summed E-state index contributed by atoms with van der Waals surface area (Å²) < 4.78 is 1.83. The van der Waals surface area contributed by atoms with Crippen molar-refractivity contribution >= 4 is 0 Å². The maximum atomic E-state index is 4.78. The Morgan fingerprint density at radius 3 is 3.00 bits per heavy atom. The van der Waals surface area contributed by atoms with Crippen molar-refractivity contribution in [1.82, 2.24) is 24.7 Å². The zero-order chi connectivity index (χ0) is 12.7. The minimum absolute atomic E-state index is 0.112. The largest absolute Gasteiger partial charge is 0.344 e. The molecule has 5 heteroatoms. The maximum absolute atomic E-state index is 4.78. The number of H-pyrrole nitrogens is 1. The lowest BCUT2D eigenvalue weighted by Crippen LogP contribution is -2.14. The van der Waals surface area contributed by atoms with Gasteiger partial charge in [-0.2, -0.15) is 5.10 Å². The van der Waals surface area contributed by atoms with Crippen molar-refractivity contribution in [2.24, 2.45) is 5.92 Å². The van der Waals surface area contributed by atoms with Crippen LogP contribution in [0.4, 0.5) is 0 Å². The lowest BCUT2D eigenvalue weighted by Gasteiger charge is -2.22. The lowest BCUT2D eigenvalue weighted by molar-refractivity contribution is 0.440. The third kappa shape index (κ3) is 1.83. The molecule has 0 saturated carbocycles. The van der Waals surface area contributed by atoms with Crippen LogP contribution in [0.2, 0.25) is 0 Å². The molecule has 0 bridgehead atoms. The Morgan fingerprint density at radius 1 is 1.44 bits per heavy atom. The predicted octanol–water partition coefficient (Wildman–Crippen LogP) is 2.30. The van der Waals surface area contributed by atoms with Crippen LogP contribution < -0.4 is 0 Å². The minimum Gasteiger partial charge on any atom is -0.344 e. The molecule has 5 nitrogen and oxygen atoms in total. The van der Waals surface area contributed by atoms with Crippen LogP contribution in [0.1, 0.15) is 56.4 Å². The molecule has 0 amide bonds. The summed E-state index contributed by atoms with van der Waals surface area (Å²) in [6, 6.07) is 0.112. The quantitative estimate of drug-likeness (QED) is 0.883. The van der Waals surface area contributed by atoms with Crippen LogP contribution in [0, 0.1) is 5.92 Å². The van der Waals surface area contributed by atoms with E-state index in [9.17, 15) is 0 Å². The molecule has 1 aliphatic carbocycles. The third-order valence-electron chi connectivity index (χ3n) is 3.83. The molecular weight excluding hydrogens is 226 g/mol. The van der Waals surface area contributed by atoms with E-state index in [1.807, 2.05) is 4.68 Å². The predicted molar refractivity (Wildman–Crippen MR) is 68.3 cm³/mol. The first-order valence-corrected chi connectivity index (χ1v) is 6.58. The smallest absolute Gasteiger partial charge is 0.137 e. The zero-order valence-electron chi connectivity index (χ0n) is 11.1. The van der Waals surface area contributed by atoms with Crippen LogP contribution in [-0.2, 0) is 6.42 Å². The average Bonchev–Trinajstić information content (AvgIpc) is 2.96. The Labute approximate surface area is 107 Å². The summed E-state index contributed by atoms with van der Waals surface area (Å²) in [7, 11) is 0. The number of hydrogen-bond acceptors (Lipinski definition) is 3. The Morgan fingerprint density at radius 2 is 2.28 bits per heavy atom. The second-order valence-electron chi connectivity index (χ2n) is 5.48. The third-order valence-corrected chi connectivity index (χ3v) is 3.83. The Kier molecular flexibility index (Phi) is 2.69. The Balaban J connectivity index is 1.93. The van der Waals surface area contributed by atoms with Crippen molar-refractivity contribution in [3.8, 4) is 0 Å². The van der Waals surface area contributed by atoms with E-state index < -0.39 is 0 Å². The standard InChI is InChI=1S/C13H19N5/c1-8-4-9(2)12-11(5-8)16-13(17-12)10(3)18-7-14-6-15-18/h6-10H,4-5H2,1-3H3,(H,16,17). The van der Waals surface area contributed by atoms with Gasteiger partial charge in [-0.15, -0.1) is 0 Å². The van der Waals surface area contributed by atoms with Gasteiger partial charge in [-0.05, 0) is 25.7 Å². The van der Waals surface area contributed by atoms with E-state index >= 15 is 0 Å². The molecule has 0 aliphatic heterocycles. The number of nitrogens with one attached hydrogen (secondary N) is 1. The summed E-state index contributed by atoms with van der Waals surface area (Å²) in [6.45, 7) is 6.66. The molecule has 0 spiro atoms. The highest BCUT2D eigenvalue weighted by atomic mass is 15.3. The van der Waals surface area contributed by atoms with Gasteiger partial charge < -0.3 is 4.98 Å². The zero-order valence-corrected chi connectivity index (χ0v) is 11.1. The fraction of sp³-hybridized carbons (Fsp3) is 0.615. The summed E-state index contributed by atoms with van der Waals surface area (Å²) in [5, 5.41) is 4.18. The molecule has 1 N–H and O–H groups in total. The number of hydrogen-bond donors (Lipinski definition) is 1. The number of imidazole rings is 1. The molecule has 18 heavy (non-hydrogen) atoms. The molecule has 96 valence electrons.